The van der Waals surface area contributed by atoms with Gasteiger partial charge in [-0.1, -0.05) is 0 Å². The summed E-state index contributed by atoms with van der Waals surface area (Å²) >= 11 is 0. The predicted molar refractivity (Wildman–Crippen MR) is 86.3 cm³/mol. The van der Waals surface area contributed by atoms with Crippen molar-refractivity contribution in [1.82, 2.24) is 0 Å². The molecule has 0 spiro atoms. The average molecular weight is 1140 g/mol. The second-order valence-corrected chi connectivity index (χ2v) is 1.73. The first-order chi connectivity index (χ1) is 10.4. The molecule has 0 aromatic rings. The first-order valence-corrected chi connectivity index (χ1v) is 4.24. The van der Waals surface area contributed by atoms with Gasteiger partial charge in [0.2, 0.25) is 0 Å². The van der Waals surface area contributed by atoms with Crippen LogP contribution in [0.1, 0.15) is 0 Å². The molecule has 0 atom stereocenters. The second kappa shape index (κ2) is 90.7. The van der Waals surface area contributed by atoms with Gasteiger partial charge < -0.3 is 90.4 Å². The largest absolute Gasteiger partial charge is 2.00 e. The fourth-order valence-electron chi connectivity index (χ4n) is 0. The molecule has 0 aromatic heterocycles. The van der Waals surface area contributed by atoms with Gasteiger partial charge in [-0.15, -0.1) is 0 Å². The molecule has 33 heavy (non-hydrogen) atoms. The molecule has 0 unspecified atom stereocenters. The smallest absolute Gasteiger partial charge is 0.907 e. The molecule has 0 aliphatic heterocycles. The SMILES string of the molecule is [O-]B([O-])[O-].[O-]B([O-])[O-].[O-]B([O-])[O-].[O-]B([O-])[O-].[O-]B([O-])[O-].[O-]B([O-])[O-].[Sr+2].[Sr+2].[Sr+2].[Sr+2].[Sr+2].[Sr+2].[Sr+2].[Sr+2].[Sr+2]. The van der Waals surface area contributed by atoms with Gasteiger partial charge in [-0.2, -0.15) is 0 Å². The van der Waals surface area contributed by atoms with E-state index in [1.165, 1.54) is 0 Å². The molecule has 0 rings (SSSR count). The maximum atomic E-state index is 8.42. The Bertz CT molecular complexity index is 122. The van der Waals surface area contributed by atoms with Crippen LogP contribution in [0, 0.1) is 0 Å². The monoisotopic (exact) mass is 1150 g/mol. The molecule has 0 amide bonds. The molecule has 0 aliphatic rings. The molecule has 33 heteroatoms. The Morgan fingerprint density at radius 1 is 0.152 bits per heavy atom. The van der Waals surface area contributed by atoms with Crippen LogP contribution in [-0.4, -0.2) is 453 Å². The van der Waals surface area contributed by atoms with Crippen LogP contribution in [-0.2, 0) is 0 Å². The van der Waals surface area contributed by atoms with Crippen LogP contribution >= 0.6 is 0 Å². The third-order valence-corrected chi connectivity index (χ3v) is 0. The Morgan fingerprint density at radius 2 is 0.152 bits per heavy atom. The Hall–Kier alpha value is 13.0. The number of hydrogen-bond donors (Lipinski definition) is 0. The Balaban J connectivity index is -0.00000000859. The van der Waals surface area contributed by atoms with Crippen LogP contribution < -0.4 is 90.4 Å². The van der Waals surface area contributed by atoms with E-state index in [9.17, 15) is 0 Å². The third kappa shape index (κ3) is 493. The van der Waals surface area contributed by atoms with Gasteiger partial charge in [0.25, 0.3) is 0 Å². The topological polar surface area (TPSA) is 415 Å². The first-order valence-electron chi connectivity index (χ1n) is 4.24. The van der Waals surface area contributed by atoms with Gasteiger partial charge in [-0.05, 0) is 0 Å². The molecule has 0 saturated carbocycles. The number of hydrogen-bond acceptors (Lipinski definition) is 18. The molecule has 144 valence electrons. The van der Waals surface area contributed by atoms with Crippen molar-refractivity contribution in [3.8, 4) is 0 Å². The van der Waals surface area contributed by atoms with Crippen molar-refractivity contribution in [2.24, 2.45) is 0 Å². The average Bonchev–Trinajstić information content (AvgIpc) is 2.08. The summed E-state index contributed by atoms with van der Waals surface area (Å²) < 4.78 is 0. The summed E-state index contributed by atoms with van der Waals surface area (Å²) in [5, 5.41) is 152. The van der Waals surface area contributed by atoms with E-state index < -0.39 is 43.9 Å². The minimum Gasteiger partial charge on any atom is -0.907 e. The molecule has 0 saturated heterocycles. The molecule has 0 fully saturated rings. The van der Waals surface area contributed by atoms with Crippen LogP contribution in [0.3, 0.4) is 0 Å². The third-order valence-electron chi connectivity index (χ3n) is 0. The molecular weight excluding hydrogens is 1140 g/mol. The zero-order valence-corrected chi connectivity index (χ0v) is 48.5. The van der Waals surface area contributed by atoms with Crippen molar-refractivity contribution in [3.63, 3.8) is 0 Å². The summed E-state index contributed by atoms with van der Waals surface area (Å²) in [6.07, 6.45) is 0. The minimum absolute atomic E-state index is 0. The van der Waals surface area contributed by atoms with Crippen LogP contribution in [0.4, 0.5) is 0 Å². The van der Waals surface area contributed by atoms with E-state index in [4.69, 9.17) is 90.4 Å². The molecule has 0 N–H and O–H groups in total. The van der Waals surface area contributed by atoms with E-state index in [1.54, 1.807) is 0 Å². The van der Waals surface area contributed by atoms with Gasteiger partial charge in [0.1, 0.15) is 0 Å². The second-order valence-electron chi connectivity index (χ2n) is 1.73. The van der Waals surface area contributed by atoms with E-state index in [0.717, 1.165) is 0 Å². The molecular formula is B6O18Sr9. The van der Waals surface area contributed by atoms with Crippen LogP contribution in [0.5, 0.6) is 0 Å². The van der Waals surface area contributed by atoms with Gasteiger partial charge in [0, 0.05) is 0 Å². The van der Waals surface area contributed by atoms with Gasteiger partial charge in [0.05, 0.1) is 0 Å². The van der Waals surface area contributed by atoms with Gasteiger partial charge >= 0.3 is 409 Å². The predicted octanol–water partition coefficient (Wildman–Crippen LogP) is -27.1. The van der Waals surface area contributed by atoms with Crippen molar-refractivity contribution in [3.05, 3.63) is 0 Å². The van der Waals surface area contributed by atoms with E-state index in [1.807, 2.05) is 0 Å². The normalized spacial score (nSPS) is 4.91. The van der Waals surface area contributed by atoms with E-state index in [0.29, 0.717) is 0 Å². The summed E-state index contributed by atoms with van der Waals surface area (Å²) in [7, 11) is -17.5. The van der Waals surface area contributed by atoms with Crippen molar-refractivity contribution >= 4 is 453 Å². The maximum absolute atomic E-state index is 8.42. The quantitative estimate of drug-likeness (QED) is 0.203. The molecule has 0 aliphatic carbocycles. The van der Waals surface area contributed by atoms with E-state index in [2.05, 4.69) is 0 Å². The summed E-state index contributed by atoms with van der Waals surface area (Å²) in [5.41, 5.74) is 0. The molecule has 0 radical (unpaired) electrons. The standard InChI is InChI=1S/6BO3.9Sr/c6*2-1(3)4;;;;;;;;;/q6*-3;9*+2. The fraction of sp³-hybridized carbons (Fsp3) is 0. The zero-order chi connectivity index (χ0) is 21.5. The van der Waals surface area contributed by atoms with Crippen molar-refractivity contribution in [2.75, 3.05) is 0 Å². The minimum atomic E-state index is -2.92. The van der Waals surface area contributed by atoms with Crippen molar-refractivity contribution < 1.29 is 90.4 Å². The van der Waals surface area contributed by atoms with Crippen LogP contribution in [0.25, 0.3) is 0 Å². The van der Waals surface area contributed by atoms with Crippen LogP contribution in [0.2, 0.25) is 0 Å². The Morgan fingerprint density at radius 3 is 0.152 bits per heavy atom. The van der Waals surface area contributed by atoms with E-state index in [-0.39, 0.29) is 409 Å². The van der Waals surface area contributed by atoms with Gasteiger partial charge in [-0.25, -0.2) is 0 Å². The van der Waals surface area contributed by atoms with Crippen LogP contribution in [0.15, 0.2) is 0 Å². The van der Waals surface area contributed by atoms with Gasteiger partial charge in [-0.3, -0.25) is 43.9 Å². The molecule has 0 heterocycles. The van der Waals surface area contributed by atoms with Gasteiger partial charge in [0.15, 0.2) is 0 Å². The molecule has 0 bridgehead atoms. The van der Waals surface area contributed by atoms with Crippen molar-refractivity contribution in [2.45, 2.75) is 0 Å². The van der Waals surface area contributed by atoms with Crippen molar-refractivity contribution in [1.29, 1.82) is 0 Å². The Labute approximate surface area is 526 Å². The molecule has 0 aromatic carbocycles. The zero-order valence-electron chi connectivity index (χ0n) is 17.2. The summed E-state index contributed by atoms with van der Waals surface area (Å²) in [6, 6.07) is 0. The van der Waals surface area contributed by atoms with E-state index >= 15 is 0 Å². The fourth-order valence-corrected chi connectivity index (χ4v) is 0. The first kappa shape index (κ1) is 96.9. The summed E-state index contributed by atoms with van der Waals surface area (Å²) in [6.45, 7) is 0. The summed E-state index contributed by atoms with van der Waals surface area (Å²) in [5.74, 6) is 0. The Kier molecular flexibility index (Phi) is 266. The molecule has 18 nitrogen and oxygen atoms in total. The maximum Gasteiger partial charge on any atom is 2.00 e. The number of rotatable bonds is 0. The summed E-state index contributed by atoms with van der Waals surface area (Å²) in [4.78, 5) is 0.